The molecule has 2 nitrogen and oxygen atoms in total. The van der Waals surface area contributed by atoms with Crippen molar-refractivity contribution in [1.82, 2.24) is 4.90 Å². The highest BCUT2D eigenvalue weighted by molar-refractivity contribution is 5.81. The summed E-state index contributed by atoms with van der Waals surface area (Å²) in [5.41, 5.74) is 0. The maximum Gasteiger partial charge on any atom is 0.137 e. The normalized spacial score (nSPS) is 39.8. The van der Waals surface area contributed by atoms with E-state index in [1.807, 2.05) is 0 Å². The topological polar surface area (TPSA) is 20.3 Å². The maximum absolute atomic E-state index is 12.0. The average molecular weight is 237 g/mol. The van der Waals surface area contributed by atoms with Crippen molar-refractivity contribution in [3.8, 4) is 0 Å². The van der Waals surface area contributed by atoms with Crippen LogP contribution in [0, 0.1) is 17.8 Å². The molecule has 0 aromatic rings. The van der Waals surface area contributed by atoms with Crippen LogP contribution in [0.3, 0.4) is 0 Å². The van der Waals surface area contributed by atoms with Crippen molar-refractivity contribution in [1.29, 1.82) is 0 Å². The molecule has 0 amide bonds. The lowest BCUT2D eigenvalue weighted by Crippen LogP contribution is -2.38. The van der Waals surface area contributed by atoms with Gasteiger partial charge in [-0.3, -0.25) is 9.69 Å². The Bertz CT molecular complexity index is 276. The molecular weight excluding hydrogens is 210 g/mol. The van der Waals surface area contributed by atoms with E-state index in [4.69, 9.17) is 0 Å². The van der Waals surface area contributed by atoms with Gasteiger partial charge in [-0.25, -0.2) is 0 Å². The second-order valence-corrected chi connectivity index (χ2v) is 6.36. The van der Waals surface area contributed by atoms with Gasteiger partial charge in [0.15, 0.2) is 0 Å². The fraction of sp³-hybridized carbons (Fsp3) is 0.933. The molecular formula is C15H27NO. The molecule has 0 aromatic heterocycles. The lowest BCUT2D eigenvalue weighted by atomic mass is 9.79. The van der Waals surface area contributed by atoms with Gasteiger partial charge in [0, 0.05) is 31.5 Å². The number of likely N-dealkylation sites (tertiary alicyclic amines) is 1. The van der Waals surface area contributed by atoms with Crippen molar-refractivity contribution in [3.05, 3.63) is 0 Å². The third-order valence-corrected chi connectivity index (χ3v) is 4.82. The molecule has 0 radical (unpaired) electrons. The first-order valence-electron chi connectivity index (χ1n) is 7.36. The lowest BCUT2D eigenvalue weighted by molar-refractivity contribution is -0.126. The minimum atomic E-state index is 0.335. The monoisotopic (exact) mass is 237 g/mol. The summed E-state index contributed by atoms with van der Waals surface area (Å²) in [4.78, 5) is 14.6. The summed E-state index contributed by atoms with van der Waals surface area (Å²) in [5, 5.41) is 0. The first-order valence-corrected chi connectivity index (χ1v) is 7.36. The molecule has 4 atom stereocenters. The molecule has 2 heteroatoms. The van der Waals surface area contributed by atoms with E-state index >= 15 is 0 Å². The quantitative estimate of drug-likeness (QED) is 0.751. The molecule has 17 heavy (non-hydrogen) atoms. The molecule has 0 aromatic carbocycles. The summed E-state index contributed by atoms with van der Waals surface area (Å²) in [6.07, 6.45) is 5.67. The van der Waals surface area contributed by atoms with Crippen LogP contribution in [0.15, 0.2) is 0 Å². The van der Waals surface area contributed by atoms with Gasteiger partial charge in [-0.1, -0.05) is 20.3 Å². The Balaban J connectivity index is 1.90. The highest BCUT2D eigenvalue weighted by Crippen LogP contribution is 2.31. The Labute approximate surface area is 106 Å². The number of nitrogens with zero attached hydrogens (tertiary/aromatic N) is 1. The number of Topliss-reactive ketones (excluding diaryl/α,β-unsaturated/α-hetero) is 1. The van der Waals surface area contributed by atoms with E-state index in [-0.39, 0.29) is 0 Å². The summed E-state index contributed by atoms with van der Waals surface area (Å²) in [7, 11) is 0. The minimum Gasteiger partial charge on any atom is -0.300 e. The van der Waals surface area contributed by atoms with E-state index in [1.54, 1.807) is 0 Å². The minimum absolute atomic E-state index is 0.335. The zero-order valence-corrected chi connectivity index (χ0v) is 11.6. The molecule has 4 unspecified atom stereocenters. The smallest absolute Gasteiger partial charge is 0.137 e. The Morgan fingerprint density at radius 1 is 1.29 bits per heavy atom. The summed E-state index contributed by atoms with van der Waals surface area (Å²) >= 11 is 0. The number of ketones is 1. The van der Waals surface area contributed by atoms with Gasteiger partial charge in [-0.05, 0) is 38.0 Å². The number of carbonyl (C=O) groups excluding carboxylic acids is 1. The molecule has 98 valence electrons. The molecule has 0 spiro atoms. The molecule has 0 N–H and O–H groups in total. The van der Waals surface area contributed by atoms with Crippen molar-refractivity contribution >= 4 is 5.78 Å². The first-order chi connectivity index (χ1) is 8.10. The van der Waals surface area contributed by atoms with Crippen LogP contribution >= 0.6 is 0 Å². The van der Waals surface area contributed by atoms with Crippen molar-refractivity contribution in [2.24, 2.45) is 17.8 Å². The zero-order valence-electron chi connectivity index (χ0n) is 11.6. The van der Waals surface area contributed by atoms with E-state index in [2.05, 4.69) is 25.7 Å². The lowest BCUT2D eigenvalue weighted by Gasteiger charge is -2.32. The van der Waals surface area contributed by atoms with Gasteiger partial charge in [0.25, 0.3) is 0 Å². The number of hydrogen-bond donors (Lipinski definition) is 0. The van der Waals surface area contributed by atoms with E-state index in [0.29, 0.717) is 17.7 Å². The van der Waals surface area contributed by atoms with E-state index in [9.17, 15) is 4.79 Å². The third-order valence-electron chi connectivity index (χ3n) is 4.82. The van der Waals surface area contributed by atoms with Gasteiger partial charge in [-0.15, -0.1) is 0 Å². The van der Waals surface area contributed by atoms with Crippen LogP contribution in [-0.4, -0.2) is 29.8 Å². The Morgan fingerprint density at radius 3 is 2.65 bits per heavy atom. The molecule has 2 rings (SSSR count). The highest BCUT2D eigenvalue weighted by atomic mass is 16.1. The van der Waals surface area contributed by atoms with Crippen LogP contribution in [0.1, 0.15) is 52.9 Å². The predicted octanol–water partition coefficient (Wildman–Crippen LogP) is 3.11. The van der Waals surface area contributed by atoms with Gasteiger partial charge >= 0.3 is 0 Å². The predicted molar refractivity (Wildman–Crippen MR) is 70.9 cm³/mol. The Kier molecular flexibility index (Phi) is 4.24. The van der Waals surface area contributed by atoms with Crippen molar-refractivity contribution in [3.63, 3.8) is 0 Å². The summed E-state index contributed by atoms with van der Waals surface area (Å²) in [5.74, 6) is 2.47. The largest absolute Gasteiger partial charge is 0.300 e. The molecule has 1 saturated carbocycles. The molecule has 1 saturated heterocycles. The number of hydrogen-bond acceptors (Lipinski definition) is 2. The molecule has 1 aliphatic carbocycles. The maximum atomic E-state index is 12.0. The van der Waals surface area contributed by atoms with Crippen LogP contribution < -0.4 is 0 Å². The fourth-order valence-electron chi connectivity index (χ4n) is 3.67. The summed E-state index contributed by atoms with van der Waals surface area (Å²) < 4.78 is 0. The van der Waals surface area contributed by atoms with E-state index in [1.165, 1.54) is 19.4 Å². The van der Waals surface area contributed by atoms with Crippen LogP contribution in [0.2, 0.25) is 0 Å². The average Bonchev–Trinajstić information content (AvgIpc) is 2.60. The highest BCUT2D eigenvalue weighted by Gasteiger charge is 2.33. The number of carbonyl (C=O) groups is 1. The summed E-state index contributed by atoms with van der Waals surface area (Å²) in [6.45, 7) is 9.13. The second kappa shape index (κ2) is 5.51. The molecule has 1 heterocycles. The Hall–Kier alpha value is -0.370. The standard InChI is InChI=1S/C15H27NO/c1-4-13-5-6-15(17)14(8-13)10-16-9-11(2)7-12(16)3/h11-14H,4-10H2,1-3H3. The van der Waals surface area contributed by atoms with Gasteiger partial charge in [0.2, 0.25) is 0 Å². The van der Waals surface area contributed by atoms with Crippen LogP contribution in [0.4, 0.5) is 0 Å². The SMILES string of the molecule is CCC1CCC(=O)C(CN2CC(C)CC2C)C1. The van der Waals surface area contributed by atoms with Gasteiger partial charge in [-0.2, -0.15) is 0 Å². The summed E-state index contributed by atoms with van der Waals surface area (Å²) in [6, 6.07) is 0.680. The molecule has 1 aliphatic heterocycles. The van der Waals surface area contributed by atoms with Crippen LogP contribution in [0.25, 0.3) is 0 Å². The van der Waals surface area contributed by atoms with Gasteiger partial charge < -0.3 is 0 Å². The molecule has 2 fully saturated rings. The van der Waals surface area contributed by atoms with Crippen molar-refractivity contribution in [2.45, 2.75) is 58.9 Å². The van der Waals surface area contributed by atoms with Gasteiger partial charge in [0.1, 0.15) is 5.78 Å². The van der Waals surface area contributed by atoms with Crippen LogP contribution in [-0.2, 0) is 4.79 Å². The van der Waals surface area contributed by atoms with Crippen molar-refractivity contribution in [2.75, 3.05) is 13.1 Å². The third kappa shape index (κ3) is 3.09. The van der Waals surface area contributed by atoms with E-state index in [0.717, 1.165) is 37.6 Å². The van der Waals surface area contributed by atoms with Crippen molar-refractivity contribution < 1.29 is 4.79 Å². The molecule has 0 bridgehead atoms. The Morgan fingerprint density at radius 2 is 2.06 bits per heavy atom. The van der Waals surface area contributed by atoms with E-state index < -0.39 is 0 Å². The first kappa shape index (κ1) is 13.1. The van der Waals surface area contributed by atoms with Crippen LogP contribution in [0.5, 0.6) is 0 Å². The molecule has 2 aliphatic rings. The van der Waals surface area contributed by atoms with Gasteiger partial charge in [0.05, 0.1) is 0 Å². The fourth-order valence-corrected chi connectivity index (χ4v) is 3.67. The zero-order chi connectivity index (χ0) is 12.4. The second-order valence-electron chi connectivity index (χ2n) is 6.36. The number of rotatable bonds is 3.